The summed E-state index contributed by atoms with van der Waals surface area (Å²) in [4.78, 5) is 16.8. The summed E-state index contributed by atoms with van der Waals surface area (Å²) in [6.45, 7) is 12.0. The minimum absolute atomic E-state index is 0.0451. The van der Waals surface area contributed by atoms with Crippen molar-refractivity contribution in [2.45, 2.75) is 56.1 Å². The number of rotatable bonds is 15. The second-order valence-electron chi connectivity index (χ2n) is 13.2. The van der Waals surface area contributed by atoms with Gasteiger partial charge in [0.2, 0.25) is 11.2 Å². The fourth-order valence-corrected chi connectivity index (χ4v) is 6.76. The van der Waals surface area contributed by atoms with Crippen LogP contribution in [0.5, 0.6) is 17.5 Å². The highest BCUT2D eigenvalue weighted by Crippen LogP contribution is 2.48. The van der Waals surface area contributed by atoms with E-state index in [1.807, 2.05) is 0 Å². The topological polar surface area (TPSA) is 156 Å². The van der Waals surface area contributed by atoms with Crippen LogP contribution in [0.1, 0.15) is 38.1 Å². The Morgan fingerprint density at radius 2 is 1.71 bits per heavy atom. The lowest BCUT2D eigenvalue weighted by Gasteiger charge is -2.36. The normalized spacial score (nSPS) is 14.6. The average molecular weight is 800 g/mol. The van der Waals surface area contributed by atoms with Crippen LogP contribution in [0.15, 0.2) is 59.6 Å². The molecule has 2 N–H and O–H groups in total. The number of pyridine rings is 1. The first-order valence-corrected chi connectivity index (χ1v) is 21.5. The average Bonchev–Trinajstić information content (AvgIpc) is 3.37. The monoisotopic (exact) mass is 798 g/mol. The molecule has 0 aliphatic carbocycles. The van der Waals surface area contributed by atoms with Crippen LogP contribution in [-0.4, -0.2) is 75.6 Å². The molecule has 4 aromatic rings. The predicted molar refractivity (Wildman–Crippen MR) is 194 cm³/mol. The Morgan fingerprint density at radius 3 is 2.42 bits per heavy atom. The number of anilines is 3. The van der Waals surface area contributed by atoms with Gasteiger partial charge in [-0.3, -0.25) is 4.98 Å². The molecule has 19 heteroatoms. The number of nitrogens with zero attached hydrogens (tertiary/aromatic N) is 4. The van der Waals surface area contributed by atoms with Crippen molar-refractivity contribution in [2.75, 3.05) is 43.3 Å². The number of benzene rings is 2. The van der Waals surface area contributed by atoms with Crippen molar-refractivity contribution in [3.63, 3.8) is 0 Å². The van der Waals surface area contributed by atoms with Crippen LogP contribution in [0.3, 0.4) is 0 Å². The highest BCUT2D eigenvalue weighted by atomic mass is 35.5. The van der Waals surface area contributed by atoms with Gasteiger partial charge in [-0.05, 0) is 66.1 Å². The minimum atomic E-state index is -3.90. The zero-order valence-corrected chi connectivity index (χ0v) is 32.5. The summed E-state index contributed by atoms with van der Waals surface area (Å²) in [7, 11) is -5.58. The molecular weight excluding hydrogens is 761 g/mol. The lowest BCUT2D eigenvalue weighted by molar-refractivity contribution is -0.287. The molecule has 0 saturated heterocycles. The Hall–Kier alpha value is -3.87. The van der Waals surface area contributed by atoms with Gasteiger partial charge in [0, 0.05) is 18.0 Å². The van der Waals surface area contributed by atoms with Gasteiger partial charge in [0.1, 0.15) is 6.61 Å². The van der Waals surface area contributed by atoms with E-state index in [1.165, 1.54) is 36.5 Å². The quantitative estimate of drug-likeness (QED) is 0.0894. The Balaban J connectivity index is 1.38. The van der Waals surface area contributed by atoms with E-state index in [2.05, 4.69) is 69.2 Å². The Labute approximate surface area is 311 Å². The van der Waals surface area contributed by atoms with Crippen molar-refractivity contribution < 1.29 is 40.6 Å². The number of nitrogens with one attached hydrogen (secondary N) is 2. The smallest absolute Gasteiger partial charge is 0.461 e. The number of alkyl halides is 2. The Bertz CT molecular complexity index is 2030. The zero-order valence-electron chi connectivity index (χ0n) is 29.2. The van der Waals surface area contributed by atoms with Gasteiger partial charge in [0.15, 0.2) is 29.7 Å². The first-order chi connectivity index (χ1) is 24.3. The van der Waals surface area contributed by atoms with E-state index < -0.39 is 30.5 Å². The summed E-state index contributed by atoms with van der Waals surface area (Å²) in [5.41, 5.74) is 0.895. The van der Waals surface area contributed by atoms with Gasteiger partial charge in [-0.25, -0.2) is 8.42 Å². The predicted octanol–water partition coefficient (Wildman–Crippen LogP) is 7.66. The highest BCUT2D eigenvalue weighted by Gasteiger charge is 2.45. The number of para-hydroxylation sites is 1. The molecule has 5 rings (SSSR count). The van der Waals surface area contributed by atoms with E-state index in [1.54, 1.807) is 18.2 Å². The molecule has 0 saturated carbocycles. The van der Waals surface area contributed by atoms with Gasteiger partial charge < -0.3 is 34.0 Å². The fraction of sp³-hybridized carbons (Fsp3) is 0.394. The molecule has 2 aromatic heterocycles. The van der Waals surface area contributed by atoms with Crippen LogP contribution in [0.2, 0.25) is 28.4 Å². The van der Waals surface area contributed by atoms with E-state index >= 15 is 0 Å². The van der Waals surface area contributed by atoms with Crippen molar-refractivity contribution in [2.24, 2.45) is 0 Å². The molecule has 13 nitrogen and oxygen atoms in total. The Morgan fingerprint density at radius 1 is 0.962 bits per heavy atom. The molecule has 1 aliphatic heterocycles. The van der Waals surface area contributed by atoms with E-state index in [0.29, 0.717) is 13.2 Å². The molecule has 0 unspecified atom stereocenters. The summed E-state index contributed by atoms with van der Waals surface area (Å²) in [6.07, 6.45) is -1.36. The van der Waals surface area contributed by atoms with Gasteiger partial charge in [-0.15, -0.1) is 8.78 Å². The maximum atomic E-state index is 14.2. The van der Waals surface area contributed by atoms with Crippen LogP contribution >= 0.6 is 23.2 Å². The zero-order chi connectivity index (χ0) is 37.9. The van der Waals surface area contributed by atoms with Gasteiger partial charge in [-0.2, -0.15) is 15.0 Å². The SMILES string of the molecule is CC(C)(C)[Si](C)(C)OCCOCCOc1nc(Cl)nc(Nc2cc(S(C)(=O)=O)ccc2N[C@@H](c2cccc3c2OC(F)(F)O3)c2ncccc2Cl)n1. The van der Waals surface area contributed by atoms with Crippen LogP contribution in [0, 0.1) is 0 Å². The number of ether oxygens (including phenoxy) is 4. The van der Waals surface area contributed by atoms with Crippen LogP contribution in [0.4, 0.5) is 26.1 Å². The molecule has 0 radical (unpaired) electrons. The number of sulfone groups is 1. The van der Waals surface area contributed by atoms with E-state index in [9.17, 15) is 17.2 Å². The van der Waals surface area contributed by atoms with Crippen molar-refractivity contribution >= 4 is 58.7 Å². The van der Waals surface area contributed by atoms with Gasteiger partial charge in [0.25, 0.3) is 0 Å². The lowest BCUT2D eigenvalue weighted by atomic mass is 10.0. The molecule has 1 atom stereocenters. The van der Waals surface area contributed by atoms with Crippen molar-refractivity contribution in [3.8, 4) is 17.5 Å². The maximum absolute atomic E-state index is 14.2. The van der Waals surface area contributed by atoms with E-state index in [0.717, 1.165) is 6.26 Å². The molecule has 0 fully saturated rings. The summed E-state index contributed by atoms with van der Waals surface area (Å²) < 4.78 is 80.6. The number of halogens is 4. The second kappa shape index (κ2) is 15.6. The minimum Gasteiger partial charge on any atom is -0.461 e. The van der Waals surface area contributed by atoms with Crippen molar-refractivity contribution in [1.29, 1.82) is 0 Å². The third-order valence-electron chi connectivity index (χ3n) is 8.34. The molecule has 0 amide bonds. The lowest BCUT2D eigenvalue weighted by Crippen LogP contribution is -2.41. The van der Waals surface area contributed by atoms with E-state index in [-0.39, 0.29) is 79.5 Å². The third kappa shape index (κ3) is 9.76. The molecule has 280 valence electrons. The first kappa shape index (κ1) is 39.3. The molecule has 52 heavy (non-hydrogen) atoms. The first-order valence-electron chi connectivity index (χ1n) is 16.0. The second-order valence-corrected chi connectivity index (χ2v) is 20.7. The molecule has 0 bridgehead atoms. The van der Waals surface area contributed by atoms with Crippen LogP contribution < -0.4 is 24.8 Å². The van der Waals surface area contributed by atoms with Gasteiger partial charge in [-0.1, -0.05) is 44.5 Å². The number of aromatic nitrogens is 4. The standard InChI is InChI=1S/C33H38Cl2F2N6O7SSi/c1-32(2,3)52(5,6)48-18-16-46-15-17-47-31-42-29(35)41-30(43-31)40-24-19-20(51(4,44)45)12-13-23(24)39-26(27-22(34)10-8-14-38-27)21-9-7-11-25-28(21)50-33(36,37)49-25/h7-14,19,26,39H,15-18H2,1-6H3,(H,40,41,42,43)/t26-/m0/s1. The number of hydrogen-bond acceptors (Lipinski definition) is 13. The van der Waals surface area contributed by atoms with Gasteiger partial charge in [0.05, 0.1) is 52.8 Å². The number of fused-ring (bicyclic) bond motifs is 1. The van der Waals surface area contributed by atoms with Gasteiger partial charge >= 0.3 is 12.3 Å². The molecule has 2 aromatic carbocycles. The summed E-state index contributed by atoms with van der Waals surface area (Å²) in [6, 6.07) is 10.7. The number of hydrogen-bond donors (Lipinski definition) is 2. The van der Waals surface area contributed by atoms with Crippen LogP contribution in [0.25, 0.3) is 0 Å². The highest BCUT2D eigenvalue weighted by molar-refractivity contribution is 7.90. The van der Waals surface area contributed by atoms with E-state index in [4.69, 9.17) is 41.8 Å². The molecular formula is C33H38Cl2F2N6O7SSi. The summed E-state index contributed by atoms with van der Waals surface area (Å²) in [5, 5.41) is 6.30. The third-order valence-corrected chi connectivity index (χ3v) is 14.5. The van der Waals surface area contributed by atoms with Crippen LogP contribution in [-0.2, 0) is 19.0 Å². The molecule has 1 aliphatic rings. The summed E-state index contributed by atoms with van der Waals surface area (Å²) in [5.74, 6) is -0.506. The summed E-state index contributed by atoms with van der Waals surface area (Å²) >= 11 is 12.8. The fourth-order valence-electron chi connectivity index (χ4n) is 4.70. The van der Waals surface area contributed by atoms with Crippen molar-refractivity contribution in [3.05, 3.63) is 76.3 Å². The Kier molecular flexibility index (Phi) is 11.8. The molecule has 3 heterocycles. The maximum Gasteiger partial charge on any atom is 0.586 e. The molecule has 0 spiro atoms. The van der Waals surface area contributed by atoms with Crippen molar-refractivity contribution in [1.82, 2.24) is 19.9 Å². The largest absolute Gasteiger partial charge is 0.586 e.